The van der Waals surface area contributed by atoms with Gasteiger partial charge in [0.1, 0.15) is 5.75 Å². The molecule has 4 rings (SSSR count). The zero-order chi connectivity index (χ0) is 19.0. The zero-order valence-electron chi connectivity index (χ0n) is 15.5. The highest BCUT2D eigenvalue weighted by atomic mass is 32.1. The van der Waals surface area contributed by atoms with Gasteiger partial charge in [-0.2, -0.15) is 0 Å². The predicted molar refractivity (Wildman–Crippen MR) is 110 cm³/mol. The van der Waals surface area contributed by atoms with Crippen molar-refractivity contribution in [3.63, 3.8) is 0 Å². The lowest BCUT2D eigenvalue weighted by atomic mass is 10.1. The van der Waals surface area contributed by atoms with Crippen LogP contribution in [0.5, 0.6) is 5.75 Å². The van der Waals surface area contributed by atoms with E-state index in [0.29, 0.717) is 5.56 Å². The van der Waals surface area contributed by atoms with Crippen molar-refractivity contribution in [3.05, 3.63) is 54.2 Å². The highest BCUT2D eigenvalue weighted by Gasteiger charge is 2.14. The first-order valence-corrected chi connectivity index (χ1v) is 9.77. The van der Waals surface area contributed by atoms with Gasteiger partial charge in [0.25, 0.3) is 5.91 Å². The van der Waals surface area contributed by atoms with Gasteiger partial charge in [0.05, 0.1) is 23.0 Å². The second-order valence-corrected chi connectivity index (χ2v) is 7.58. The summed E-state index contributed by atoms with van der Waals surface area (Å²) in [5.74, 6) is 0.796. The number of amides is 1. The molecule has 0 aliphatic heterocycles. The molecule has 0 aliphatic carbocycles. The lowest BCUT2D eigenvalue weighted by Gasteiger charge is -2.11. The summed E-state index contributed by atoms with van der Waals surface area (Å²) in [6.07, 6.45) is 2.95. The second-order valence-electron chi connectivity index (χ2n) is 6.57. The van der Waals surface area contributed by atoms with E-state index in [0.717, 1.165) is 38.6 Å². The molecule has 6 heteroatoms. The number of hydrogen-bond acceptors (Lipinski definition) is 4. The molecule has 5 nitrogen and oxygen atoms in total. The summed E-state index contributed by atoms with van der Waals surface area (Å²) in [6, 6.07) is 13.9. The van der Waals surface area contributed by atoms with Crippen LogP contribution in [0.2, 0.25) is 0 Å². The van der Waals surface area contributed by atoms with Crippen LogP contribution in [0.25, 0.3) is 26.4 Å². The number of benzene rings is 2. The number of rotatable bonds is 5. The molecule has 2 aromatic carbocycles. The lowest BCUT2D eigenvalue weighted by Crippen LogP contribution is -2.31. The molecule has 1 amide bonds. The van der Waals surface area contributed by atoms with Crippen molar-refractivity contribution in [2.75, 3.05) is 7.11 Å². The fourth-order valence-corrected chi connectivity index (χ4v) is 4.00. The topological polar surface area (TPSA) is 55.6 Å². The van der Waals surface area contributed by atoms with E-state index < -0.39 is 0 Å². The van der Waals surface area contributed by atoms with Gasteiger partial charge in [0.2, 0.25) is 0 Å². The van der Waals surface area contributed by atoms with Crippen molar-refractivity contribution in [3.8, 4) is 17.0 Å². The molecule has 0 saturated heterocycles. The van der Waals surface area contributed by atoms with Crippen LogP contribution < -0.4 is 10.1 Å². The third kappa shape index (κ3) is 3.28. The highest BCUT2D eigenvalue weighted by molar-refractivity contribution is 7.23. The van der Waals surface area contributed by atoms with E-state index in [4.69, 9.17) is 9.72 Å². The largest absolute Gasteiger partial charge is 0.497 e. The van der Waals surface area contributed by atoms with Gasteiger partial charge in [-0.05, 0) is 55.8 Å². The average molecular weight is 379 g/mol. The van der Waals surface area contributed by atoms with Crippen LogP contribution in [0.15, 0.2) is 48.7 Å². The maximum atomic E-state index is 12.4. The monoisotopic (exact) mass is 379 g/mol. The van der Waals surface area contributed by atoms with Crippen LogP contribution in [0.1, 0.15) is 30.6 Å². The fourth-order valence-electron chi connectivity index (χ4n) is 2.95. The summed E-state index contributed by atoms with van der Waals surface area (Å²) in [4.78, 5) is 18.0. The third-order valence-electron chi connectivity index (χ3n) is 4.73. The van der Waals surface area contributed by atoms with E-state index in [-0.39, 0.29) is 11.9 Å². The first-order valence-electron chi connectivity index (χ1n) is 8.96. The molecule has 138 valence electrons. The molecule has 1 N–H and O–H groups in total. The molecule has 2 aromatic heterocycles. The number of carbonyl (C=O) groups excluding carboxylic acids is 1. The Hall–Kier alpha value is -2.86. The van der Waals surface area contributed by atoms with Crippen molar-refractivity contribution in [2.24, 2.45) is 0 Å². The maximum Gasteiger partial charge on any atom is 0.251 e. The summed E-state index contributed by atoms with van der Waals surface area (Å²) in [5, 5.41) is 3.01. The van der Waals surface area contributed by atoms with E-state index in [9.17, 15) is 4.79 Å². The number of carbonyl (C=O) groups is 1. The van der Waals surface area contributed by atoms with E-state index in [1.165, 1.54) is 0 Å². The molecule has 0 aliphatic rings. The van der Waals surface area contributed by atoms with Crippen LogP contribution in [0.4, 0.5) is 0 Å². The van der Waals surface area contributed by atoms with Crippen LogP contribution in [-0.2, 0) is 0 Å². The Kier molecular flexibility index (Phi) is 4.58. The molecule has 0 spiro atoms. The molecule has 0 unspecified atom stereocenters. The van der Waals surface area contributed by atoms with E-state index in [2.05, 4.69) is 16.6 Å². The number of thiazole rings is 1. The van der Waals surface area contributed by atoms with E-state index in [1.54, 1.807) is 18.4 Å². The Labute approximate surface area is 161 Å². The molecule has 1 atom stereocenters. The van der Waals surface area contributed by atoms with Gasteiger partial charge in [-0.25, -0.2) is 4.98 Å². The minimum absolute atomic E-state index is 0.0313. The smallest absolute Gasteiger partial charge is 0.251 e. The third-order valence-corrected chi connectivity index (χ3v) is 5.75. The average Bonchev–Trinajstić information content (AvgIpc) is 3.25. The number of nitrogens with one attached hydrogen (secondary N) is 1. The molecule has 0 bridgehead atoms. The number of imidazole rings is 1. The minimum atomic E-state index is -0.0313. The Balaban J connectivity index is 1.68. The maximum absolute atomic E-state index is 12.4. The Morgan fingerprint density at radius 1 is 1.26 bits per heavy atom. The van der Waals surface area contributed by atoms with Crippen molar-refractivity contribution in [2.45, 2.75) is 26.3 Å². The van der Waals surface area contributed by atoms with Gasteiger partial charge in [-0.1, -0.05) is 18.3 Å². The summed E-state index contributed by atoms with van der Waals surface area (Å²) >= 11 is 1.59. The summed E-state index contributed by atoms with van der Waals surface area (Å²) in [5.41, 5.74) is 3.71. The first kappa shape index (κ1) is 17.5. The number of methoxy groups -OCH3 is 1. The Morgan fingerprint density at radius 3 is 2.74 bits per heavy atom. The van der Waals surface area contributed by atoms with Crippen LogP contribution >= 0.6 is 11.3 Å². The number of hydrogen-bond donors (Lipinski definition) is 1. The fraction of sp³-hybridized carbons (Fsp3) is 0.238. The zero-order valence-corrected chi connectivity index (χ0v) is 16.3. The molecule has 0 radical (unpaired) electrons. The standard InChI is InChI=1S/C21H21N3O2S/c1-4-13(2)22-20(25)15-7-10-18-19(11-15)27-21-23-17(12-24(18)21)14-5-8-16(26-3)9-6-14/h5-13H,4H2,1-3H3,(H,22,25)/t13-/m0/s1. The molecule has 2 heterocycles. The number of aromatic nitrogens is 2. The van der Waals surface area contributed by atoms with Gasteiger partial charge in [0.15, 0.2) is 4.96 Å². The highest BCUT2D eigenvalue weighted by Crippen LogP contribution is 2.30. The van der Waals surface area contributed by atoms with Gasteiger partial charge in [-0.15, -0.1) is 0 Å². The van der Waals surface area contributed by atoms with Crippen molar-refractivity contribution < 1.29 is 9.53 Å². The predicted octanol–water partition coefficient (Wildman–Crippen LogP) is 4.75. The number of fused-ring (bicyclic) bond motifs is 3. The quantitative estimate of drug-likeness (QED) is 0.544. The van der Waals surface area contributed by atoms with Crippen LogP contribution in [0.3, 0.4) is 0 Å². The summed E-state index contributed by atoms with van der Waals surface area (Å²) in [6.45, 7) is 4.07. The van der Waals surface area contributed by atoms with Crippen LogP contribution in [0, 0.1) is 0 Å². The molecule has 4 aromatic rings. The Morgan fingerprint density at radius 2 is 2.04 bits per heavy atom. The summed E-state index contributed by atoms with van der Waals surface area (Å²) < 4.78 is 8.34. The summed E-state index contributed by atoms with van der Waals surface area (Å²) in [7, 11) is 1.66. The van der Waals surface area contributed by atoms with Crippen molar-refractivity contribution in [1.82, 2.24) is 14.7 Å². The Bertz CT molecular complexity index is 1110. The first-order chi connectivity index (χ1) is 13.1. The van der Waals surface area contributed by atoms with Crippen molar-refractivity contribution in [1.29, 1.82) is 0 Å². The molecule has 27 heavy (non-hydrogen) atoms. The minimum Gasteiger partial charge on any atom is -0.497 e. The molecular formula is C21H21N3O2S. The normalized spacial score (nSPS) is 12.4. The second kappa shape index (κ2) is 7.04. The van der Waals surface area contributed by atoms with E-state index in [1.807, 2.05) is 55.6 Å². The van der Waals surface area contributed by atoms with Gasteiger partial charge >= 0.3 is 0 Å². The number of ether oxygens (including phenoxy) is 1. The van der Waals surface area contributed by atoms with E-state index >= 15 is 0 Å². The van der Waals surface area contributed by atoms with Crippen molar-refractivity contribution >= 4 is 32.4 Å². The van der Waals surface area contributed by atoms with Gasteiger partial charge in [-0.3, -0.25) is 9.20 Å². The van der Waals surface area contributed by atoms with Gasteiger partial charge < -0.3 is 10.1 Å². The lowest BCUT2D eigenvalue weighted by molar-refractivity contribution is 0.0939. The molecule has 0 fully saturated rings. The van der Waals surface area contributed by atoms with Gasteiger partial charge in [0, 0.05) is 23.4 Å². The number of nitrogens with zero attached hydrogens (tertiary/aromatic N) is 2. The van der Waals surface area contributed by atoms with Crippen LogP contribution in [-0.4, -0.2) is 28.4 Å². The molecule has 0 saturated carbocycles. The SMILES string of the molecule is CC[C@H](C)NC(=O)c1ccc2c(c1)sc1nc(-c3ccc(OC)cc3)cn12. The molecular weight excluding hydrogens is 358 g/mol.